The molecule has 1 aliphatic rings. The van der Waals surface area contributed by atoms with Gasteiger partial charge in [0.05, 0.1) is 0 Å². The largest absolute Gasteiger partial charge is 0.302 e. The molecule has 17 heavy (non-hydrogen) atoms. The fraction of sp³-hybridized carbons (Fsp3) is 0.600. The van der Waals surface area contributed by atoms with Crippen molar-refractivity contribution in [2.45, 2.75) is 38.6 Å². The second-order valence-corrected chi connectivity index (χ2v) is 6.17. The van der Waals surface area contributed by atoms with Crippen molar-refractivity contribution in [3.63, 3.8) is 0 Å². The van der Waals surface area contributed by atoms with Crippen molar-refractivity contribution < 1.29 is 0 Å². The zero-order valence-electron chi connectivity index (χ0n) is 11.0. The Morgan fingerprint density at radius 1 is 1.24 bits per heavy atom. The Morgan fingerprint density at radius 2 is 1.94 bits per heavy atom. The smallest absolute Gasteiger partial charge is 0.0342 e. The van der Waals surface area contributed by atoms with Crippen molar-refractivity contribution in [2.75, 3.05) is 13.6 Å². The maximum Gasteiger partial charge on any atom is 0.0342 e. The van der Waals surface area contributed by atoms with Gasteiger partial charge in [-0.15, -0.1) is 11.6 Å². The molecule has 2 rings (SSSR count). The molecule has 0 radical (unpaired) electrons. The van der Waals surface area contributed by atoms with Crippen LogP contribution in [0.3, 0.4) is 0 Å². The first-order valence-electron chi connectivity index (χ1n) is 6.43. The van der Waals surface area contributed by atoms with E-state index in [1.807, 2.05) is 0 Å². The molecule has 1 aliphatic carbocycles. The molecule has 0 amide bonds. The van der Waals surface area contributed by atoms with Crippen LogP contribution in [0.2, 0.25) is 0 Å². The molecular formula is C15H22ClN. The molecular weight excluding hydrogens is 230 g/mol. The second kappa shape index (κ2) is 5.41. The van der Waals surface area contributed by atoms with Crippen molar-refractivity contribution in [2.24, 2.45) is 5.92 Å². The first kappa shape index (κ1) is 12.9. The number of alkyl halides is 1. The van der Waals surface area contributed by atoms with Gasteiger partial charge >= 0.3 is 0 Å². The highest BCUT2D eigenvalue weighted by molar-refractivity contribution is 6.21. The molecule has 1 aromatic rings. The van der Waals surface area contributed by atoms with E-state index in [0.717, 1.165) is 12.5 Å². The van der Waals surface area contributed by atoms with Crippen molar-refractivity contribution >= 4 is 11.6 Å². The summed E-state index contributed by atoms with van der Waals surface area (Å²) in [5.74, 6) is 0.814. The summed E-state index contributed by atoms with van der Waals surface area (Å²) in [5, 5.41) is 0.440. The van der Waals surface area contributed by atoms with Crippen LogP contribution in [-0.2, 0) is 6.54 Å². The lowest BCUT2D eigenvalue weighted by molar-refractivity contribution is 0.204. The quantitative estimate of drug-likeness (QED) is 0.737. The molecule has 94 valence electrons. The topological polar surface area (TPSA) is 3.24 Å². The number of aryl methyl sites for hydroxylation is 2. The molecule has 0 aliphatic heterocycles. The monoisotopic (exact) mass is 251 g/mol. The van der Waals surface area contributed by atoms with Crippen LogP contribution in [0, 0.1) is 19.8 Å². The summed E-state index contributed by atoms with van der Waals surface area (Å²) < 4.78 is 0. The van der Waals surface area contributed by atoms with Crippen molar-refractivity contribution in [1.29, 1.82) is 0 Å². The van der Waals surface area contributed by atoms with Crippen LogP contribution in [0.4, 0.5) is 0 Å². The van der Waals surface area contributed by atoms with E-state index in [1.165, 1.54) is 36.1 Å². The van der Waals surface area contributed by atoms with Gasteiger partial charge in [0.15, 0.2) is 0 Å². The molecule has 0 bridgehead atoms. The van der Waals surface area contributed by atoms with Gasteiger partial charge in [-0.25, -0.2) is 0 Å². The second-order valence-electron chi connectivity index (χ2n) is 5.55. The predicted molar refractivity (Wildman–Crippen MR) is 74.6 cm³/mol. The lowest BCUT2D eigenvalue weighted by atomic mass is 9.84. The van der Waals surface area contributed by atoms with Crippen LogP contribution in [0.1, 0.15) is 29.5 Å². The standard InChI is InChI=1S/C15H22ClN/c1-11-4-5-13(6-12(11)2)9-17(3)10-14-7-15(16)8-14/h4-6,14-15H,7-10H2,1-3H3. The van der Waals surface area contributed by atoms with Gasteiger partial charge in [0.2, 0.25) is 0 Å². The van der Waals surface area contributed by atoms with E-state index in [0.29, 0.717) is 5.38 Å². The molecule has 0 spiro atoms. The lowest BCUT2D eigenvalue weighted by Crippen LogP contribution is -2.34. The Labute approximate surface area is 110 Å². The number of hydrogen-bond acceptors (Lipinski definition) is 1. The van der Waals surface area contributed by atoms with Crippen molar-refractivity contribution in [3.8, 4) is 0 Å². The molecule has 0 aromatic heterocycles. The third-order valence-corrected chi connectivity index (χ3v) is 4.13. The van der Waals surface area contributed by atoms with Crippen LogP contribution >= 0.6 is 11.6 Å². The summed E-state index contributed by atoms with van der Waals surface area (Å²) in [6.45, 7) is 6.57. The molecule has 2 heteroatoms. The Morgan fingerprint density at radius 3 is 2.53 bits per heavy atom. The van der Waals surface area contributed by atoms with Gasteiger partial charge in [-0.3, -0.25) is 0 Å². The molecule has 0 N–H and O–H groups in total. The summed E-state index contributed by atoms with van der Waals surface area (Å²) in [7, 11) is 2.21. The average Bonchev–Trinajstić information content (AvgIpc) is 2.21. The van der Waals surface area contributed by atoms with Crippen molar-refractivity contribution in [1.82, 2.24) is 4.90 Å². The fourth-order valence-electron chi connectivity index (χ4n) is 2.52. The normalized spacial score (nSPS) is 23.8. The van der Waals surface area contributed by atoms with E-state index in [9.17, 15) is 0 Å². The minimum Gasteiger partial charge on any atom is -0.302 e. The highest BCUT2D eigenvalue weighted by atomic mass is 35.5. The van der Waals surface area contributed by atoms with Crippen LogP contribution in [0.25, 0.3) is 0 Å². The molecule has 0 saturated heterocycles. The van der Waals surface area contributed by atoms with Crippen LogP contribution in [0.5, 0.6) is 0 Å². The van der Waals surface area contributed by atoms with Gasteiger partial charge in [-0.2, -0.15) is 0 Å². The average molecular weight is 252 g/mol. The number of hydrogen-bond donors (Lipinski definition) is 0. The van der Waals surface area contributed by atoms with E-state index >= 15 is 0 Å². The Balaban J connectivity index is 1.85. The van der Waals surface area contributed by atoms with Gasteiger partial charge in [-0.1, -0.05) is 18.2 Å². The molecule has 1 fully saturated rings. The van der Waals surface area contributed by atoms with Crippen LogP contribution in [-0.4, -0.2) is 23.9 Å². The maximum absolute atomic E-state index is 6.01. The van der Waals surface area contributed by atoms with Gasteiger partial charge in [0, 0.05) is 18.5 Å². The maximum atomic E-state index is 6.01. The van der Waals surface area contributed by atoms with E-state index in [2.05, 4.69) is 44.0 Å². The summed E-state index contributed by atoms with van der Waals surface area (Å²) in [6.07, 6.45) is 2.39. The summed E-state index contributed by atoms with van der Waals surface area (Å²) in [4.78, 5) is 2.41. The molecule has 1 aromatic carbocycles. The minimum absolute atomic E-state index is 0.440. The molecule has 0 unspecified atom stereocenters. The third kappa shape index (κ3) is 3.46. The Hall–Kier alpha value is -0.530. The molecule has 1 nitrogen and oxygen atoms in total. The zero-order chi connectivity index (χ0) is 12.4. The minimum atomic E-state index is 0.440. The highest BCUT2D eigenvalue weighted by Crippen LogP contribution is 2.32. The van der Waals surface area contributed by atoms with Gasteiger partial charge in [0.25, 0.3) is 0 Å². The van der Waals surface area contributed by atoms with E-state index in [4.69, 9.17) is 11.6 Å². The Kier molecular flexibility index (Phi) is 4.11. The van der Waals surface area contributed by atoms with E-state index in [-0.39, 0.29) is 0 Å². The Bertz CT molecular complexity index is 383. The predicted octanol–water partition coefficient (Wildman–Crippen LogP) is 3.75. The van der Waals surface area contributed by atoms with Gasteiger partial charge < -0.3 is 4.90 Å². The first-order valence-corrected chi connectivity index (χ1v) is 6.87. The van der Waals surface area contributed by atoms with E-state index in [1.54, 1.807) is 0 Å². The van der Waals surface area contributed by atoms with Crippen LogP contribution in [0.15, 0.2) is 18.2 Å². The molecule has 0 heterocycles. The number of benzene rings is 1. The van der Waals surface area contributed by atoms with Crippen LogP contribution < -0.4 is 0 Å². The van der Waals surface area contributed by atoms with Crippen molar-refractivity contribution in [3.05, 3.63) is 34.9 Å². The lowest BCUT2D eigenvalue weighted by Gasteiger charge is -2.34. The summed E-state index contributed by atoms with van der Waals surface area (Å²) >= 11 is 6.01. The zero-order valence-corrected chi connectivity index (χ0v) is 11.8. The van der Waals surface area contributed by atoms with Gasteiger partial charge in [-0.05, 0) is 56.3 Å². The summed E-state index contributed by atoms with van der Waals surface area (Å²) in [6, 6.07) is 6.76. The summed E-state index contributed by atoms with van der Waals surface area (Å²) in [5.41, 5.74) is 4.18. The number of nitrogens with zero attached hydrogens (tertiary/aromatic N) is 1. The number of halogens is 1. The third-order valence-electron chi connectivity index (χ3n) is 3.77. The first-order chi connectivity index (χ1) is 8.04. The highest BCUT2D eigenvalue weighted by Gasteiger charge is 2.27. The fourth-order valence-corrected chi connectivity index (χ4v) is 3.03. The molecule has 0 atom stereocenters. The van der Waals surface area contributed by atoms with E-state index < -0.39 is 0 Å². The van der Waals surface area contributed by atoms with Gasteiger partial charge in [0.1, 0.15) is 0 Å². The number of rotatable bonds is 4. The molecule has 1 saturated carbocycles. The SMILES string of the molecule is Cc1ccc(CN(C)CC2CC(Cl)C2)cc1C.